The number of carbonyl (C=O) groups is 1. The Kier molecular flexibility index (Phi) is 9.17. The maximum absolute atomic E-state index is 12.0. The molecule has 4 N–H and O–H groups in total. The third kappa shape index (κ3) is 6.86. The first kappa shape index (κ1) is 21.8. The number of benzene rings is 1. The Hall–Kier alpha value is -1.51. The second-order valence-corrected chi connectivity index (χ2v) is 7.20. The predicted octanol–water partition coefficient (Wildman–Crippen LogP) is 3.12. The lowest BCUT2D eigenvalue weighted by molar-refractivity contribution is -0.122. The lowest BCUT2D eigenvalue weighted by Crippen LogP contribution is -2.38. The maximum atomic E-state index is 12.0. The molecule has 0 saturated heterocycles. The molecule has 1 aromatic rings. The van der Waals surface area contributed by atoms with Crippen molar-refractivity contribution in [3.63, 3.8) is 0 Å². The van der Waals surface area contributed by atoms with Crippen molar-refractivity contribution in [3.05, 3.63) is 29.8 Å². The maximum Gasteiger partial charge on any atom is 0.220 e. The van der Waals surface area contributed by atoms with E-state index in [-0.39, 0.29) is 35.9 Å². The van der Waals surface area contributed by atoms with Crippen LogP contribution in [0.4, 0.5) is 0 Å². The number of para-hydroxylation sites is 1. The molecule has 1 aliphatic carbocycles. The van der Waals surface area contributed by atoms with Crippen LogP contribution in [0.25, 0.3) is 0 Å². The molecule has 1 aromatic carbocycles. The minimum absolute atomic E-state index is 0. The van der Waals surface area contributed by atoms with Gasteiger partial charge in [0.1, 0.15) is 5.75 Å². The van der Waals surface area contributed by atoms with E-state index in [0.717, 1.165) is 17.7 Å². The molecule has 6 nitrogen and oxygen atoms in total. The van der Waals surface area contributed by atoms with E-state index in [2.05, 4.69) is 15.6 Å². The van der Waals surface area contributed by atoms with Gasteiger partial charge in [0.15, 0.2) is 5.96 Å². The number of aliphatic imine (C=N–C) groups is 1. The fourth-order valence-corrected chi connectivity index (χ4v) is 3.81. The second-order valence-electron chi connectivity index (χ2n) is 7.20. The summed E-state index contributed by atoms with van der Waals surface area (Å²) in [6.45, 7) is 1.68. The quantitative estimate of drug-likeness (QED) is 0.250. The Morgan fingerprint density at radius 3 is 2.78 bits per heavy atom. The number of nitrogens with two attached hydrogens (primary N) is 1. The van der Waals surface area contributed by atoms with Crippen molar-refractivity contribution in [2.45, 2.75) is 51.0 Å². The van der Waals surface area contributed by atoms with Crippen molar-refractivity contribution >= 4 is 35.8 Å². The summed E-state index contributed by atoms with van der Waals surface area (Å²) in [6, 6.07) is 8.10. The van der Waals surface area contributed by atoms with Gasteiger partial charge in [-0.25, -0.2) is 0 Å². The zero-order valence-corrected chi connectivity index (χ0v) is 18.1. The van der Waals surface area contributed by atoms with Crippen molar-refractivity contribution in [3.8, 4) is 5.75 Å². The third-order valence-electron chi connectivity index (χ3n) is 5.20. The molecule has 1 atom stereocenters. The second kappa shape index (κ2) is 11.4. The average molecular weight is 486 g/mol. The number of rotatable bonds is 6. The van der Waals surface area contributed by atoms with E-state index in [1.165, 1.54) is 32.1 Å². The number of nitrogens with zero attached hydrogens (tertiary/aromatic N) is 1. The number of guanidine groups is 1. The molecule has 0 aromatic heterocycles. The minimum Gasteiger partial charge on any atom is -0.493 e. The number of ether oxygens (including phenoxy) is 1. The number of carbonyl (C=O) groups excluding carboxylic acids is 1. The molecule has 0 radical (unpaired) electrons. The Balaban J connectivity index is 0.00000261. The van der Waals surface area contributed by atoms with Crippen molar-refractivity contribution in [2.24, 2.45) is 16.6 Å². The first-order valence-corrected chi connectivity index (χ1v) is 9.77. The van der Waals surface area contributed by atoms with Crippen molar-refractivity contribution in [1.29, 1.82) is 0 Å². The highest BCUT2D eigenvalue weighted by molar-refractivity contribution is 14.0. The largest absolute Gasteiger partial charge is 0.493 e. The molecule has 0 spiro atoms. The number of nitrogens with one attached hydrogen (secondary N) is 2. The standard InChI is InChI=1S/C20H30N4O2.HI/c21-20(24-17-10-13-26-18-9-5-4-8-16(17)18)23-12-11-22-19(25)14-15-6-2-1-3-7-15;/h4-5,8-9,15,17H,1-3,6-7,10-14H2,(H,22,25)(H3,21,23,24);1H. The van der Waals surface area contributed by atoms with Gasteiger partial charge in [-0.15, -0.1) is 24.0 Å². The summed E-state index contributed by atoms with van der Waals surface area (Å²) in [5, 5.41) is 6.22. The van der Waals surface area contributed by atoms with Crippen LogP contribution in [0.5, 0.6) is 5.75 Å². The van der Waals surface area contributed by atoms with Crippen molar-refractivity contribution < 1.29 is 9.53 Å². The molecule has 1 heterocycles. The molecule has 0 bridgehead atoms. The van der Waals surface area contributed by atoms with E-state index in [9.17, 15) is 4.79 Å². The van der Waals surface area contributed by atoms with Gasteiger partial charge in [0.2, 0.25) is 5.91 Å². The highest BCUT2D eigenvalue weighted by atomic mass is 127. The first-order chi connectivity index (χ1) is 12.7. The number of fused-ring (bicyclic) bond motifs is 1. The Bertz CT molecular complexity index is 632. The van der Waals surface area contributed by atoms with Gasteiger partial charge < -0.3 is 21.1 Å². The fourth-order valence-electron chi connectivity index (χ4n) is 3.81. The molecule has 1 aliphatic heterocycles. The Morgan fingerprint density at radius 1 is 1.19 bits per heavy atom. The molecular weight excluding hydrogens is 455 g/mol. The molecule has 1 amide bonds. The Labute approximate surface area is 178 Å². The summed E-state index contributed by atoms with van der Waals surface area (Å²) >= 11 is 0. The summed E-state index contributed by atoms with van der Waals surface area (Å²) in [7, 11) is 0. The van der Waals surface area contributed by atoms with Crippen LogP contribution in [0.1, 0.15) is 56.6 Å². The van der Waals surface area contributed by atoms with Gasteiger partial charge in [0, 0.05) is 24.9 Å². The number of halogens is 1. The van der Waals surface area contributed by atoms with Crippen LogP contribution in [0.3, 0.4) is 0 Å². The van der Waals surface area contributed by atoms with E-state index in [1.54, 1.807) is 0 Å². The minimum atomic E-state index is 0. The molecule has 7 heteroatoms. The number of hydrogen-bond acceptors (Lipinski definition) is 3. The lowest BCUT2D eigenvalue weighted by atomic mass is 9.87. The van der Waals surface area contributed by atoms with Crippen LogP contribution in [0.2, 0.25) is 0 Å². The SMILES string of the molecule is I.NC(=NCCNC(=O)CC1CCCCC1)NC1CCOc2ccccc21. The van der Waals surface area contributed by atoms with E-state index in [0.29, 0.717) is 38.0 Å². The zero-order valence-electron chi connectivity index (χ0n) is 15.8. The number of amides is 1. The highest BCUT2D eigenvalue weighted by Crippen LogP contribution is 2.31. The summed E-state index contributed by atoms with van der Waals surface area (Å²) in [6.07, 6.45) is 7.72. The zero-order chi connectivity index (χ0) is 18.2. The van der Waals surface area contributed by atoms with Gasteiger partial charge in [-0.2, -0.15) is 0 Å². The van der Waals surface area contributed by atoms with Gasteiger partial charge in [0.05, 0.1) is 19.2 Å². The van der Waals surface area contributed by atoms with Crippen LogP contribution in [-0.2, 0) is 4.79 Å². The van der Waals surface area contributed by atoms with Crippen molar-refractivity contribution in [2.75, 3.05) is 19.7 Å². The average Bonchev–Trinajstić information content (AvgIpc) is 2.66. The van der Waals surface area contributed by atoms with Crippen LogP contribution in [-0.4, -0.2) is 31.6 Å². The summed E-state index contributed by atoms with van der Waals surface area (Å²) < 4.78 is 5.65. The van der Waals surface area contributed by atoms with E-state index >= 15 is 0 Å². The van der Waals surface area contributed by atoms with Crippen molar-refractivity contribution in [1.82, 2.24) is 10.6 Å². The molecule has 1 saturated carbocycles. The predicted molar refractivity (Wildman–Crippen MR) is 119 cm³/mol. The van der Waals surface area contributed by atoms with Gasteiger partial charge in [0.25, 0.3) is 0 Å². The highest BCUT2D eigenvalue weighted by Gasteiger charge is 2.21. The monoisotopic (exact) mass is 486 g/mol. The van der Waals surface area contributed by atoms with Gasteiger partial charge in [-0.1, -0.05) is 37.5 Å². The van der Waals surface area contributed by atoms with E-state index in [4.69, 9.17) is 10.5 Å². The van der Waals surface area contributed by atoms with Gasteiger partial charge >= 0.3 is 0 Å². The molecule has 150 valence electrons. The first-order valence-electron chi connectivity index (χ1n) is 9.77. The summed E-state index contributed by atoms with van der Waals surface area (Å²) in [5.74, 6) is 2.01. The van der Waals surface area contributed by atoms with Crippen LogP contribution < -0.4 is 21.1 Å². The van der Waals surface area contributed by atoms with Gasteiger partial charge in [-0.05, 0) is 24.8 Å². The molecule has 2 aliphatic rings. The van der Waals surface area contributed by atoms with Crippen LogP contribution >= 0.6 is 24.0 Å². The Morgan fingerprint density at radius 2 is 1.96 bits per heavy atom. The molecule has 27 heavy (non-hydrogen) atoms. The third-order valence-corrected chi connectivity index (χ3v) is 5.20. The summed E-state index contributed by atoms with van der Waals surface area (Å²) in [5.41, 5.74) is 7.12. The molecular formula is C20H31IN4O2. The fraction of sp³-hybridized carbons (Fsp3) is 0.600. The molecule has 3 rings (SSSR count). The summed E-state index contributed by atoms with van der Waals surface area (Å²) in [4.78, 5) is 16.3. The normalized spacial score (nSPS) is 20.0. The van der Waals surface area contributed by atoms with Crippen LogP contribution in [0.15, 0.2) is 29.3 Å². The lowest BCUT2D eigenvalue weighted by Gasteiger charge is -2.26. The molecule has 1 unspecified atom stereocenters. The number of hydrogen-bond donors (Lipinski definition) is 3. The van der Waals surface area contributed by atoms with E-state index in [1.807, 2.05) is 24.3 Å². The molecule has 1 fully saturated rings. The van der Waals surface area contributed by atoms with E-state index < -0.39 is 0 Å². The smallest absolute Gasteiger partial charge is 0.220 e. The van der Waals surface area contributed by atoms with Gasteiger partial charge in [-0.3, -0.25) is 9.79 Å². The topological polar surface area (TPSA) is 88.7 Å². The van der Waals surface area contributed by atoms with Crippen LogP contribution in [0, 0.1) is 5.92 Å².